The first kappa shape index (κ1) is 14.2. The maximum Gasteiger partial charge on any atom is 0.152 e. The van der Waals surface area contributed by atoms with E-state index >= 15 is 0 Å². The fraction of sp³-hybridized carbons (Fsp3) is 1.00. The Morgan fingerprint density at radius 2 is 1.81 bits per heavy atom. The molecule has 0 aromatic heterocycles. The highest BCUT2D eigenvalue weighted by molar-refractivity contribution is 7.92. The highest BCUT2D eigenvalue weighted by atomic mass is 32.2. The third-order valence-electron chi connectivity index (χ3n) is 3.17. The number of rotatable bonds is 6. The van der Waals surface area contributed by atoms with Crippen LogP contribution in [0.3, 0.4) is 0 Å². The zero-order valence-corrected chi connectivity index (χ0v) is 11.8. The number of hydrogen-bond donors (Lipinski definition) is 0. The lowest BCUT2D eigenvalue weighted by molar-refractivity contribution is 0.586. The molecule has 1 unspecified atom stereocenters. The van der Waals surface area contributed by atoms with Gasteiger partial charge in [0, 0.05) is 21.8 Å². The fourth-order valence-corrected chi connectivity index (χ4v) is 4.78. The quantitative estimate of drug-likeness (QED) is 0.737. The first-order valence-corrected chi connectivity index (χ1v) is 9.12. The summed E-state index contributed by atoms with van der Waals surface area (Å²) >= 11 is 0. The van der Waals surface area contributed by atoms with Gasteiger partial charge in [-0.3, -0.25) is 4.21 Å². The van der Waals surface area contributed by atoms with Crippen molar-refractivity contribution >= 4 is 20.6 Å². The summed E-state index contributed by atoms with van der Waals surface area (Å²) in [6.07, 6.45) is 5.03. The molecule has 0 N–H and O–H groups in total. The number of hydrogen-bond acceptors (Lipinski definition) is 3. The molecule has 0 aliphatic heterocycles. The van der Waals surface area contributed by atoms with Crippen LogP contribution in [0.4, 0.5) is 0 Å². The smallest absolute Gasteiger partial charge is 0.152 e. The van der Waals surface area contributed by atoms with Gasteiger partial charge in [0.2, 0.25) is 0 Å². The van der Waals surface area contributed by atoms with Crippen LogP contribution in [0.25, 0.3) is 0 Å². The molecule has 0 bridgehead atoms. The highest BCUT2D eigenvalue weighted by Crippen LogP contribution is 2.23. The molecule has 1 aliphatic carbocycles. The Kier molecular flexibility index (Phi) is 5.44. The van der Waals surface area contributed by atoms with Crippen molar-refractivity contribution < 1.29 is 12.6 Å². The lowest BCUT2D eigenvalue weighted by Gasteiger charge is -2.10. The molecule has 0 aromatic carbocycles. The Morgan fingerprint density at radius 1 is 1.25 bits per heavy atom. The summed E-state index contributed by atoms with van der Waals surface area (Å²) in [7, 11) is -3.76. The molecule has 0 radical (unpaired) electrons. The van der Waals surface area contributed by atoms with Gasteiger partial charge in [-0.15, -0.1) is 0 Å². The van der Waals surface area contributed by atoms with Crippen LogP contribution in [0.15, 0.2) is 0 Å². The van der Waals surface area contributed by atoms with E-state index in [0.29, 0.717) is 17.4 Å². The molecule has 5 heteroatoms. The van der Waals surface area contributed by atoms with Crippen LogP contribution in [0.5, 0.6) is 0 Å². The van der Waals surface area contributed by atoms with E-state index in [-0.39, 0.29) is 11.0 Å². The van der Waals surface area contributed by atoms with Crippen molar-refractivity contribution in [1.29, 1.82) is 0 Å². The molecule has 1 aliphatic rings. The third kappa shape index (κ3) is 4.17. The minimum absolute atomic E-state index is 0.184. The van der Waals surface area contributed by atoms with Crippen LogP contribution < -0.4 is 0 Å². The van der Waals surface area contributed by atoms with Crippen molar-refractivity contribution in [2.75, 3.05) is 11.5 Å². The summed E-state index contributed by atoms with van der Waals surface area (Å²) in [6, 6.07) is 0. The monoisotopic (exact) mass is 266 g/mol. The normalized spacial score (nSPS) is 20.4. The second-order valence-corrected chi connectivity index (χ2v) is 9.27. The van der Waals surface area contributed by atoms with E-state index in [1.165, 1.54) is 12.8 Å². The van der Waals surface area contributed by atoms with Crippen LogP contribution in [0.1, 0.15) is 46.0 Å². The maximum absolute atomic E-state index is 11.8. The molecule has 0 aromatic rings. The van der Waals surface area contributed by atoms with Crippen LogP contribution in [0.2, 0.25) is 0 Å². The summed E-state index contributed by atoms with van der Waals surface area (Å²) in [5, 5.41) is 0.0224. The summed E-state index contributed by atoms with van der Waals surface area (Å²) in [4.78, 5) is 0. The van der Waals surface area contributed by atoms with Crippen molar-refractivity contribution in [1.82, 2.24) is 0 Å². The van der Waals surface area contributed by atoms with Crippen LogP contribution in [0, 0.1) is 0 Å². The van der Waals surface area contributed by atoms with Gasteiger partial charge < -0.3 is 0 Å². The fourth-order valence-electron chi connectivity index (χ4n) is 1.96. The predicted octanol–water partition coefficient (Wildman–Crippen LogP) is 1.89. The molecular weight excluding hydrogens is 244 g/mol. The number of sulfone groups is 1. The van der Waals surface area contributed by atoms with Crippen molar-refractivity contribution in [3.05, 3.63) is 0 Å². The van der Waals surface area contributed by atoms with Gasteiger partial charge in [-0.2, -0.15) is 0 Å². The van der Waals surface area contributed by atoms with E-state index in [2.05, 4.69) is 0 Å². The lowest BCUT2D eigenvalue weighted by Crippen LogP contribution is -2.21. The molecule has 0 spiro atoms. The second-order valence-electron chi connectivity index (χ2n) is 4.76. The van der Waals surface area contributed by atoms with Crippen molar-refractivity contribution in [3.63, 3.8) is 0 Å². The van der Waals surface area contributed by atoms with Gasteiger partial charge in [-0.25, -0.2) is 8.42 Å². The molecule has 96 valence electrons. The van der Waals surface area contributed by atoms with E-state index in [1.807, 2.05) is 0 Å². The predicted molar refractivity (Wildman–Crippen MR) is 68.8 cm³/mol. The van der Waals surface area contributed by atoms with E-state index in [0.717, 1.165) is 12.8 Å². The Morgan fingerprint density at radius 3 is 2.31 bits per heavy atom. The second kappa shape index (κ2) is 6.15. The Balaban J connectivity index is 2.27. The zero-order chi connectivity index (χ0) is 12.2. The molecule has 0 amide bonds. The summed E-state index contributed by atoms with van der Waals surface area (Å²) < 4.78 is 34.9. The summed E-state index contributed by atoms with van der Waals surface area (Å²) in [5.41, 5.74) is 0. The topological polar surface area (TPSA) is 51.2 Å². The Hall–Kier alpha value is 0.1000. The minimum atomic E-state index is -2.95. The van der Waals surface area contributed by atoms with Gasteiger partial charge in [-0.05, 0) is 33.1 Å². The van der Waals surface area contributed by atoms with E-state index in [9.17, 15) is 12.6 Å². The maximum atomic E-state index is 11.8. The molecule has 16 heavy (non-hydrogen) atoms. The molecule has 1 saturated carbocycles. The third-order valence-corrected chi connectivity index (χ3v) is 7.37. The molecule has 3 nitrogen and oxygen atoms in total. The van der Waals surface area contributed by atoms with Gasteiger partial charge in [0.1, 0.15) is 0 Å². The van der Waals surface area contributed by atoms with Gasteiger partial charge in [-0.1, -0.05) is 12.8 Å². The Bertz CT molecular complexity index is 327. The standard InChI is InChI=1S/C11H22O3S2/c1-10(2)16(13,14)9-5-8-15(12)11-6-3-4-7-11/h10-11H,3-9H2,1-2H3. The molecule has 1 fully saturated rings. The van der Waals surface area contributed by atoms with Crippen molar-refractivity contribution in [2.45, 2.75) is 56.5 Å². The summed E-state index contributed by atoms with van der Waals surface area (Å²) in [6.45, 7) is 3.40. The summed E-state index contributed by atoms with van der Waals surface area (Å²) in [5.74, 6) is 0.736. The zero-order valence-electron chi connectivity index (χ0n) is 10.1. The van der Waals surface area contributed by atoms with E-state index in [4.69, 9.17) is 0 Å². The average Bonchev–Trinajstić information content (AvgIpc) is 2.69. The molecular formula is C11H22O3S2. The van der Waals surface area contributed by atoms with Crippen LogP contribution >= 0.6 is 0 Å². The van der Waals surface area contributed by atoms with Gasteiger partial charge >= 0.3 is 0 Å². The van der Waals surface area contributed by atoms with Gasteiger partial charge in [0.15, 0.2) is 9.84 Å². The first-order chi connectivity index (χ1) is 7.43. The Labute approximate surface area is 101 Å². The molecule has 1 rings (SSSR count). The van der Waals surface area contributed by atoms with Crippen molar-refractivity contribution in [2.24, 2.45) is 0 Å². The first-order valence-electron chi connectivity index (χ1n) is 6.02. The minimum Gasteiger partial charge on any atom is -0.259 e. The van der Waals surface area contributed by atoms with Crippen molar-refractivity contribution in [3.8, 4) is 0 Å². The lowest BCUT2D eigenvalue weighted by atomic mass is 10.4. The molecule has 1 atom stereocenters. The van der Waals surface area contributed by atoms with Gasteiger partial charge in [0.05, 0.1) is 11.0 Å². The van der Waals surface area contributed by atoms with Crippen LogP contribution in [-0.4, -0.2) is 34.6 Å². The molecule has 0 saturated heterocycles. The van der Waals surface area contributed by atoms with E-state index < -0.39 is 20.6 Å². The van der Waals surface area contributed by atoms with Gasteiger partial charge in [0.25, 0.3) is 0 Å². The molecule has 0 heterocycles. The van der Waals surface area contributed by atoms with E-state index in [1.54, 1.807) is 13.8 Å². The highest BCUT2D eigenvalue weighted by Gasteiger charge is 2.22. The van der Waals surface area contributed by atoms with Crippen LogP contribution in [-0.2, 0) is 20.6 Å². The SMILES string of the molecule is CC(C)S(=O)(=O)CCCS(=O)C1CCCC1. The largest absolute Gasteiger partial charge is 0.259 e. The average molecular weight is 266 g/mol.